The first kappa shape index (κ1) is 11.2. The Bertz CT molecular complexity index is 727. The van der Waals surface area contributed by atoms with Gasteiger partial charge in [-0.1, -0.05) is 24.3 Å². The predicted molar refractivity (Wildman–Crippen MR) is 71.7 cm³/mol. The summed E-state index contributed by atoms with van der Waals surface area (Å²) < 4.78 is 0. The Labute approximate surface area is 110 Å². The molecule has 4 nitrogen and oxygen atoms in total. The van der Waals surface area contributed by atoms with Crippen molar-refractivity contribution in [3.05, 3.63) is 59.9 Å². The van der Waals surface area contributed by atoms with Crippen molar-refractivity contribution in [2.45, 2.75) is 0 Å². The molecule has 0 saturated carbocycles. The molecule has 0 aliphatic carbocycles. The van der Waals surface area contributed by atoms with Crippen molar-refractivity contribution < 1.29 is 4.79 Å². The second-order valence-electron chi connectivity index (χ2n) is 4.08. The third kappa shape index (κ3) is 1.78. The first-order valence-electron chi connectivity index (χ1n) is 5.78. The molecule has 0 radical (unpaired) electrons. The van der Waals surface area contributed by atoms with Gasteiger partial charge in [0.15, 0.2) is 0 Å². The SMILES string of the molecule is N#C/C(=C1\C(=O)Nc2ccccc21)c1ccccn1. The maximum Gasteiger partial charge on any atom is 0.257 e. The van der Waals surface area contributed by atoms with Crippen LogP contribution < -0.4 is 5.32 Å². The molecule has 0 spiro atoms. The molecule has 0 atom stereocenters. The van der Waals surface area contributed by atoms with Crippen molar-refractivity contribution in [3.8, 4) is 6.07 Å². The summed E-state index contributed by atoms with van der Waals surface area (Å²) in [6.45, 7) is 0. The average Bonchev–Trinajstić information content (AvgIpc) is 2.78. The van der Waals surface area contributed by atoms with E-state index in [1.807, 2.05) is 24.3 Å². The molecular formula is C15H9N3O. The quantitative estimate of drug-likeness (QED) is 0.621. The van der Waals surface area contributed by atoms with Gasteiger partial charge in [0.25, 0.3) is 5.91 Å². The fourth-order valence-corrected chi connectivity index (χ4v) is 2.12. The van der Waals surface area contributed by atoms with Gasteiger partial charge in [0.05, 0.1) is 16.8 Å². The zero-order valence-electron chi connectivity index (χ0n) is 9.92. The summed E-state index contributed by atoms with van der Waals surface area (Å²) in [5, 5.41) is 12.1. The molecule has 1 aromatic carbocycles. The lowest BCUT2D eigenvalue weighted by Crippen LogP contribution is -2.06. The van der Waals surface area contributed by atoms with Crippen molar-refractivity contribution >= 4 is 22.7 Å². The number of hydrogen-bond donors (Lipinski definition) is 1. The molecule has 19 heavy (non-hydrogen) atoms. The van der Waals surface area contributed by atoms with E-state index < -0.39 is 0 Å². The van der Waals surface area contributed by atoms with E-state index in [2.05, 4.69) is 16.4 Å². The van der Waals surface area contributed by atoms with Crippen molar-refractivity contribution in [1.82, 2.24) is 4.98 Å². The number of pyridine rings is 1. The minimum Gasteiger partial charge on any atom is -0.321 e. The number of amides is 1. The summed E-state index contributed by atoms with van der Waals surface area (Å²) in [6, 6.07) is 14.7. The fourth-order valence-electron chi connectivity index (χ4n) is 2.12. The Hall–Kier alpha value is -2.93. The number of rotatable bonds is 1. The molecule has 0 bridgehead atoms. The van der Waals surface area contributed by atoms with Crippen molar-refractivity contribution in [1.29, 1.82) is 5.26 Å². The van der Waals surface area contributed by atoms with Crippen LogP contribution in [0, 0.1) is 11.3 Å². The lowest BCUT2D eigenvalue weighted by atomic mass is 9.99. The minimum atomic E-state index is -0.261. The summed E-state index contributed by atoms with van der Waals surface area (Å²) in [4.78, 5) is 16.2. The van der Waals surface area contributed by atoms with E-state index in [4.69, 9.17) is 0 Å². The first-order valence-corrected chi connectivity index (χ1v) is 5.78. The van der Waals surface area contributed by atoms with E-state index in [-0.39, 0.29) is 5.91 Å². The van der Waals surface area contributed by atoms with E-state index >= 15 is 0 Å². The van der Waals surface area contributed by atoms with E-state index in [9.17, 15) is 10.1 Å². The standard InChI is InChI=1S/C15H9N3O/c16-9-11(12-6-3-4-8-17-12)14-10-5-1-2-7-13(10)18-15(14)19/h1-8H,(H,18,19)/b14-11+. The van der Waals surface area contributed by atoms with Crippen molar-refractivity contribution in [3.63, 3.8) is 0 Å². The molecule has 2 heterocycles. The number of nitrogens with zero attached hydrogens (tertiary/aromatic N) is 2. The third-order valence-electron chi connectivity index (χ3n) is 2.95. The second kappa shape index (κ2) is 4.39. The van der Waals surface area contributed by atoms with Crippen LogP contribution in [0.5, 0.6) is 0 Å². The smallest absolute Gasteiger partial charge is 0.257 e. The molecule has 3 rings (SSSR count). The van der Waals surface area contributed by atoms with Gasteiger partial charge in [-0.25, -0.2) is 0 Å². The van der Waals surface area contributed by atoms with E-state index in [0.29, 0.717) is 16.8 Å². The number of aromatic nitrogens is 1. The highest BCUT2D eigenvalue weighted by Gasteiger charge is 2.28. The van der Waals surface area contributed by atoms with Crippen LogP contribution in [0.15, 0.2) is 48.7 Å². The Balaban J connectivity index is 2.27. The zero-order valence-corrected chi connectivity index (χ0v) is 9.92. The summed E-state index contributed by atoms with van der Waals surface area (Å²) in [5.74, 6) is -0.261. The zero-order chi connectivity index (χ0) is 13.2. The molecule has 1 aliphatic heterocycles. The highest BCUT2D eigenvalue weighted by molar-refractivity contribution is 6.37. The number of fused-ring (bicyclic) bond motifs is 1. The number of nitriles is 1. The van der Waals surface area contributed by atoms with Gasteiger partial charge in [-0.3, -0.25) is 9.78 Å². The summed E-state index contributed by atoms with van der Waals surface area (Å²) in [7, 11) is 0. The molecule has 90 valence electrons. The number of allylic oxidation sites excluding steroid dienone is 1. The van der Waals surface area contributed by atoms with Gasteiger partial charge < -0.3 is 5.32 Å². The molecule has 0 fully saturated rings. The normalized spacial score (nSPS) is 15.4. The van der Waals surface area contributed by atoms with Crippen LogP contribution in [0.3, 0.4) is 0 Å². The number of carbonyl (C=O) groups is 1. The van der Waals surface area contributed by atoms with Crippen LogP contribution in [0.25, 0.3) is 11.1 Å². The number of anilines is 1. The largest absolute Gasteiger partial charge is 0.321 e. The predicted octanol–water partition coefficient (Wildman–Crippen LogP) is 2.47. The van der Waals surface area contributed by atoms with Crippen LogP contribution in [0.1, 0.15) is 11.3 Å². The van der Waals surface area contributed by atoms with E-state index in [1.165, 1.54) is 0 Å². The maximum absolute atomic E-state index is 12.1. The highest BCUT2D eigenvalue weighted by atomic mass is 16.2. The van der Waals surface area contributed by atoms with E-state index in [0.717, 1.165) is 11.3 Å². The molecular weight excluding hydrogens is 238 g/mol. The monoisotopic (exact) mass is 247 g/mol. The van der Waals surface area contributed by atoms with Gasteiger partial charge in [-0.05, 0) is 18.2 Å². The van der Waals surface area contributed by atoms with Gasteiger partial charge in [0, 0.05) is 17.4 Å². The number of para-hydroxylation sites is 1. The van der Waals surface area contributed by atoms with Crippen LogP contribution in [0.4, 0.5) is 5.69 Å². The Morgan fingerprint density at radius 3 is 2.68 bits per heavy atom. The maximum atomic E-state index is 12.1. The third-order valence-corrected chi connectivity index (χ3v) is 2.95. The highest BCUT2D eigenvalue weighted by Crippen LogP contribution is 2.35. The number of carbonyl (C=O) groups excluding carboxylic acids is 1. The average molecular weight is 247 g/mol. The number of nitrogens with one attached hydrogen (secondary N) is 1. The van der Waals surface area contributed by atoms with Gasteiger partial charge in [0.2, 0.25) is 0 Å². The number of benzene rings is 1. The van der Waals surface area contributed by atoms with E-state index in [1.54, 1.807) is 24.4 Å². The topological polar surface area (TPSA) is 65.8 Å². The molecule has 2 aromatic rings. The minimum absolute atomic E-state index is 0.261. The molecule has 4 heteroatoms. The number of hydrogen-bond acceptors (Lipinski definition) is 3. The first-order chi connectivity index (χ1) is 9.31. The lowest BCUT2D eigenvalue weighted by molar-refractivity contribution is -0.110. The lowest BCUT2D eigenvalue weighted by Gasteiger charge is -2.02. The molecule has 0 saturated heterocycles. The Morgan fingerprint density at radius 1 is 1.16 bits per heavy atom. The van der Waals surface area contributed by atoms with Crippen LogP contribution in [-0.2, 0) is 4.79 Å². The van der Waals surface area contributed by atoms with Crippen LogP contribution >= 0.6 is 0 Å². The van der Waals surface area contributed by atoms with Gasteiger partial charge in [-0.2, -0.15) is 5.26 Å². The van der Waals surface area contributed by atoms with Crippen molar-refractivity contribution in [2.75, 3.05) is 5.32 Å². The summed E-state index contributed by atoms with van der Waals surface area (Å²) >= 11 is 0. The Kier molecular flexibility index (Phi) is 2.58. The van der Waals surface area contributed by atoms with Gasteiger partial charge >= 0.3 is 0 Å². The molecule has 1 amide bonds. The van der Waals surface area contributed by atoms with Crippen molar-refractivity contribution in [2.24, 2.45) is 0 Å². The van der Waals surface area contributed by atoms with Crippen LogP contribution in [0.2, 0.25) is 0 Å². The molecule has 1 aromatic heterocycles. The molecule has 0 unspecified atom stereocenters. The van der Waals surface area contributed by atoms with Gasteiger partial charge in [-0.15, -0.1) is 0 Å². The van der Waals surface area contributed by atoms with Crippen LogP contribution in [-0.4, -0.2) is 10.9 Å². The summed E-state index contributed by atoms with van der Waals surface area (Å²) in [6.07, 6.45) is 1.60. The Morgan fingerprint density at radius 2 is 1.95 bits per heavy atom. The molecule has 1 aliphatic rings. The fraction of sp³-hybridized carbons (Fsp3) is 0. The summed E-state index contributed by atoms with van der Waals surface area (Å²) in [5.41, 5.74) is 2.66. The van der Waals surface area contributed by atoms with Gasteiger partial charge in [0.1, 0.15) is 6.07 Å². The molecule has 1 N–H and O–H groups in total. The second-order valence-corrected chi connectivity index (χ2v) is 4.08.